The number of anilines is 1. The second-order valence-electron chi connectivity index (χ2n) is 9.73. The van der Waals surface area contributed by atoms with Crippen LogP contribution in [0.25, 0.3) is 22.0 Å². The molecule has 2 aliphatic rings. The van der Waals surface area contributed by atoms with Crippen LogP contribution in [0.3, 0.4) is 0 Å². The molecule has 1 amide bonds. The second kappa shape index (κ2) is 7.91. The molecule has 0 saturated heterocycles. The van der Waals surface area contributed by atoms with Gasteiger partial charge in [0.05, 0.1) is 21.7 Å². The number of nitrogens with one attached hydrogen (secondary N) is 1. The quantitative estimate of drug-likeness (QED) is 0.346. The highest BCUT2D eigenvalue weighted by Crippen LogP contribution is 2.46. The summed E-state index contributed by atoms with van der Waals surface area (Å²) in [5, 5.41) is 3.43. The van der Waals surface area contributed by atoms with Gasteiger partial charge in [-0.25, -0.2) is 16.8 Å². The molecular weight excluding hydrogens is 491 g/mol. The van der Waals surface area contributed by atoms with Crippen molar-refractivity contribution in [2.24, 2.45) is 0 Å². The molecule has 0 atom stereocenters. The van der Waals surface area contributed by atoms with E-state index in [9.17, 15) is 17.6 Å². The SMILES string of the molecule is Cc1ccc(S(=O)(=O)n2cc(C3=C/C(=C4\C(=O)Nc5cc(F)ccc54)OC3(C)C)c3ccccc32)cc1. The first-order valence-corrected chi connectivity index (χ1v) is 13.2. The van der Waals surface area contributed by atoms with E-state index in [1.165, 1.54) is 16.1 Å². The summed E-state index contributed by atoms with van der Waals surface area (Å²) >= 11 is 0. The highest BCUT2D eigenvalue weighted by Gasteiger charge is 2.39. The minimum Gasteiger partial charge on any atom is -0.482 e. The van der Waals surface area contributed by atoms with Gasteiger partial charge < -0.3 is 10.1 Å². The Balaban J connectivity index is 1.55. The normalized spacial score (nSPS) is 18.5. The molecular formula is C29H23FN2O4S. The van der Waals surface area contributed by atoms with Crippen LogP contribution in [0.1, 0.15) is 30.5 Å². The smallest absolute Gasteiger partial charge is 0.268 e. The number of halogens is 1. The lowest BCUT2D eigenvalue weighted by Crippen LogP contribution is -2.21. The van der Waals surface area contributed by atoms with Crippen LogP contribution in [0, 0.1) is 12.7 Å². The van der Waals surface area contributed by atoms with Crippen LogP contribution in [-0.4, -0.2) is 23.9 Å². The Morgan fingerprint density at radius 1 is 0.973 bits per heavy atom. The van der Waals surface area contributed by atoms with E-state index in [2.05, 4.69) is 5.32 Å². The Labute approximate surface area is 213 Å². The van der Waals surface area contributed by atoms with Crippen LogP contribution >= 0.6 is 0 Å². The molecule has 8 heteroatoms. The fourth-order valence-corrected chi connectivity index (χ4v) is 6.34. The number of ether oxygens (including phenoxy) is 1. The minimum absolute atomic E-state index is 0.190. The molecule has 0 aliphatic carbocycles. The lowest BCUT2D eigenvalue weighted by Gasteiger charge is -2.23. The van der Waals surface area contributed by atoms with Gasteiger partial charge in [-0.3, -0.25) is 4.79 Å². The molecule has 0 unspecified atom stereocenters. The summed E-state index contributed by atoms with van der Waals surface area (Å²) in [5.74, 6) is -0.480. The Bertz CT molecular complexity index is 1800. The van der Waals surface area contributed by atoms with Crippen molar-refractivity contribution in [3.63, 3.8) is 0 Å². The predicted octanol–water partition coefficient (Wildman–Crippen LogP) is 5.88. The highest BCUT2D eigenvalue weighted by molar-refractivity contribution is 7.90. The van der Waals surface area contributed by atoms with Crippen LogP contribution in [0.5, 0.6) is 0 Å². The molecule has 3 aromatic carbocycles. The Hall–Kier alpha value is -4.17. The van der Waals surface area contributed by atoms with E-state index in [0.717, 1.165) is 16.5 Å². The number of nitrogens with zero attached hydrogens (tertiary/aromatic N) is 1. The maximum absolute atomic E-state index is 13.7. The zero-order chi connectivity index (χ0) is 26.1. The summed E-state index contributed by atoms with van der Waals surface area (Å²) in [7, 11) is -3.87. The maximum Gasteiger partial charge on any atom is 0.268 e. The second-order valence-corrected chi connectivity index (χ2v) is 11.5. The summed E-state index contributed by atoms with van der Waals surface area (Å²) in [6.07, 6.45) is 3.39. The molecule has 37 heavy (non-hydrogen) atoms. The summed E-state index contributed by atoms with van der Waals surface area (Å²) in [5.41, 5.74) is 3.30. The third-order valence-corrected chi connectivity index (χ3v) is 8.50. The molecule has 3 heterocycles. The molecule has 0 spiro atoms. The zero-order valence-electron chi connectivity index (χ0n) is 20.4. The van der Waals surface area contributed by atoms with Gasteiger partial charge in [-0.05, 0) is 63.2 Å². The number of rotatable bonds is 3. The summed E-state index contributed by atoms with van der Waals surface area (Å²) in [6, 6.07) is 18.1. The van der Waals surface area contributed by atoms with Crippen molar-refractivity contribution in [3.8, 4) is 0 Å². The number of benzene rings is 3. The van der Waals surface area contributed by atoms with Crippen molar-refractivity contribution in [1.29, 1.82) is 0 Å². The summed E-state index contributed by atoms with van der Waals surface area (Å²) in [4.78, 5) is 13.0. The number of hydrogen-bond donors (Lipinski definition) is 1. The fourth-order valence-electron chi connectivity index (χ4n) is 4.97. The molecule has 0 bridgehead atoms. The van der Waals surface area contributed by atoms with Crippen LogP contribution in [0.2, 0.25) is 0 Å². The van der Waals surface area contributed by atoms with Crippen LogP contribution in [-0.2, 0) is 19.6 Å². The number of para-hydroxylation sites is 1. The van der Waals surface area contributed by atoms with E-state index < -0.39 is 21.4 Å². The number of amides is 1. The van der Waals surface area contributed by atoms with Crippen LogP contribution in [0.4, 0.5) is 10.1 Å². The fraction of sp³-hybridized carbons (Fsp3) is 0.138. The number of aromatic nitrogens is 1. The molecule has 6 nitrogen and oxygen atoms in total. The molecule has 1 aromatic heterocycles. The number of carbonyl (C=O) groups excluding carboxylic acids is 1. The van der Waals surface area contributed by atoms with Gasteiger partial charge in [0.1, 0.15) is 17.2 Å². The lowest BCUT2D eigenvalue weighted by molar-refractivity contribution is -0.111. The van der Waals surface area contributed by atoms with Crippen molar-refractivity contribution in [2.75, 3.05) is 5.32 Å². The molecule has 6 rings (SSSR count). The topological polar surface area (TPSA) is 77.4 Å². The lowest BCUT2D eigenvalue weighted by atomic mass is 9.92. The maximum atomic E-state index is 13.7. The summed E-state index contributed by atoms with van der Waals surface area (Å²) < 4.78 is 48.6. The first-order chi connectivity index (χ1) is 17.6. The molecule has 1 N–H and O–H groups in total. The van der Waals surface area contributed by atoms with E-state index >= 15 is 0 Å². The van der Waals surface area contributed by atoms with E-state index in [4.69, 9.17) is 4.74 Å². The van der Waals surface area contributed by atoms with Gasteiger partial charge in [-0.1, -0.05) is 35.9 Å². The Kier molecular flexibility index (Phi) is 4.97. The average molecular weight is 515 g/mol. The molecule has 186 valence electrons. The van der Waals surface area contributed by atoms with E-state index in [0.29, 0.717) is 33.7 Å². The highest BCUT2D eigenvalue weighted by atomic mass is 32.2. The third-order valence-electron chi connectivity index (χ3n) is 6.81. The van der Waals surface area contributed by atoms with Gasteiger partial charge in [-0.2, -0.15) is 0 Å². The first-order valence-electron chi connectivity index (χ1n) is 11.8. The van der Waals surface area contributed by atoms with Gasteiger partial charge in [0.2, 0.25) is 0 Å². The van der Waals surface area contributed by atoms with E-state index in [1.54, 1.807) is 54.7 Å². The molecule has 2 aliphatic heterocycles. The number of carbonyl (C=O) groups is 1. The molecule has 0 radical (unpaired) electrons. The van der Waals surface area contributed by atoms with Crippen LogP contribution < -0.4 is 5.32 Å². The standard InChI is InChI=1S/C29H23FN2O4S/c1-17-8-11-19(12-9-17)37(34,35)32-16-22(20-6-4-5-7-25(20)32)23-15-26(36-29(23,2)3)27-21-13-10-18(30)14-24(21)31-28(27)33/h4-16H,1-3H3,(H,31,33)/b27-26+. The van der Waals surface area contributed by atoms with Crippen molar-refractivity contribution in [1.82, 2.24) is 3.97 Å². The van der Waals surface area contributed by atoms with E-state index in [1.807, 2.05) is 32.9 Å². The van der Waals surface area contributed by atoms with Gasteiger partial charge in [0, 0.05) is 28.3 Å². The van der Waals surface area contributed by atoms with E-state index in [-0.39, 0.29) is 10.8 Å². The molecule has 0 fully saturated rings. The van der Waals surface area contributed by atoms with Crippen molar-refractivity contribution in [3.05, 3.63) is 107 Å². The van der Waals surface area contributed by atoms with Gasteiger partial charge in [0.15, 0.2) is 0 Å². The minimum atomic E-state index is -3.87. The number of allylic oxidation sites excluding steroid dienone is 1. The number of hydrogen-bond acceptors (Lipinski definition) is 4. The van der Waals surface area contributed by atoms with Crippen molar-refractivity contribution in [2.45, 2.75) is 31.3 Å². The number of fused-ring (bicyclic) bond motifs is 2. The molecule has 4 aromatic rings. The summed E-state index contributed by atoms with van der Waals surface area (Å²) in [6.45, 7) is 5.64. The average Bonchev–Trinajstić information content (AvgIpc) is 3.48. The third kappa shape index (κ3) is 3.59. The van der Waals surface area contributed by atoms with Crippen LogP contribution in [0.15, 0.2) is 89.7 Å². The molecule has 0 saturated carbocycles. The van der Waals surface area contributed by atoms with Crippen molar-refractivity contribution >= 4 is 43.7 Å². The monoisotopic (exact) mass is 514 g/mol. The largest absolute Gasteiger partial charge is 0.482 e. The Morgan fingerprint density at radius 2 is 1.70 bits per heavy atom. The van der Waals surface area contributed by atoms with Crippen molar-refractivity contribution < 1.29 is 22.3 Å². The van der Waals surface area contributed by atoms with Gasteiger partial charge in [0.25, 0.3) is 15.9 Å². The van der Waals surface area contributed by atoms with Gasteiger partial charge in [-0.15, -0.1) is 0 Å². The Morgan fingerprint density at radius 3 is 2.46 bits per heavy atom. The first kappa shape index (κ1) is 23.2. The number of aryl methyl sites for hydroxylation is 1. The predicted molar refractivity (Wildman–Crippen MR) is 141 cm³/mol. The zero-order valence-corrected chi connectivity index (χ0v) is 21.2. The van der Waals surface area contributed by atoms with Gasteiger partial charge >= 0.3 is 0 Å².